The molecule has 3 aromatic rings. The normalized spacial score (nSPS) is 16.0. The predicted octanol–water partition coefficient (Wildman–Crippen LogP) is 3.56. The minimum absolute atomic E-state index is 0.122. The summed E-state index contributed by atoms with van der Waals surface area (Å²) in [7, 11) is 0. The van der Waals surface area contributed by atoms with E-state index in [1.54, 1.807) is 36.3 Å². The first-order chi connectivity index (χ1) is 13.2. The van der Waals surface area contributed by atoms with Crippen LogP contribution in [0, 0.1) is 5.82 Å². The molecule has 2 aromatic heterocycles. The second-order valence-corrected chi connectivity index (χ2v) is 7.33. The number of pyridine rings is 1. The van der Waals surface area contributed by atoms with Crippen LogP contribution in [0.4, 0.5) is 4.39 Å². The van der Waals surface area contributed by atoms with Crippen LogP contribution in [0.25, 0.3) is 11.4 Å². The van der Waals surface area contributed by atoms with Crippen LogP contribution in [0.2, 0.25) is 0 Å². The Kier molecular flexibility index (Phi) is 5.15. The van der Waals surface area contributed by atoms with Crippen LogP contribution in [-0.2, 0) is 11.2 Å². The van der Waals surface area contributed by atoms with E-state index in [1.807, 2.05) is 6.07 Å². The van der Waals surface area contributed by atoms with Crippen molar-refractivity contribution in [3.8, 4) is 11.4 Å². The fourth-order valence-corrected chi connectivity index (χ4v) is 4.08. The maximum absolute atomic E-state index is 13.6. The van der Waals surface area contributed by atoms with Gasteiger partial charge < -0.3 is 9.84 Å². The second-order valence-electron chi connectivity index (χ2n) is 6.19. The number of hydrogen-bond acceptors (Lipinski definition) is 6. The summed E-state index contributed by atoms with van der Waals surface area (Å²) in [5.74, 6) is 1.33. The van der Waals surface area contributed by atoms with Crippen molar-refractivity contribution < 1.29 is 13.7 Å². The minimum Gasteiger partial charge on any atom is -0.349 e. The maximum atomic E-state index is 13.6. The molecule has 1 atom stereocenters. The van der Waals surface area contributed by atoms with Gasteiger partial charge in [0.05, 0.1) is 6.04 Å². The highest BCUT2D eigenvalue weighted by Gasteiger charge is 2.23. The lowest BCUT2D eigenvalue weighted by atomic mass is 10.0. The number of fused-ring (bicyclic) bond motifs is 1. The van der Waals surface area contributed by atoms with Crippen molar-refractivity contribution in [3.63, 3.8) is 0 Å². The van der Waals surface area contributed by atoms with Crippen molar-refractivity contribution in [2.45, 2.75) is 30.2 Å². The van der Waals surface area contributed by atoms with Gasteiger partial charge in [0, 0.05) is 41.4 Å². The SMILES string of the molecule is O=C(CCc1nc(-c2cccnc2)no1)NC1CCSc2ccc(F)cc21. The highest BCUT2D eigenvalue weighted by atomic mass is 32.2. The lowest BCUT2D eigenvalue weighted by molar-refractivity contribution is -0.121. The van der Waals surface area contributed by atoms with E-state index in [0.29, 0.717) is 18.1 Å². The van der Waals surface area contributed by atoms with Gasteiger partial charge in [-0.3, -0.25) is 9.78 Å². The molecule has 1 aliphatic heterocycles. The van der Waals surface area contributed by atoms with Gasteiger partial charge in [0.2, 0.25) is 17.6 Å². The molecule has 0 saturated heterocycles. The third-order valence-corrected chi connectivity index (χ3v) is 5.42. The van der Waals surface area contributed by atoms with Gasteiger partial charge in [-0.05, 0) is 42.3 Å². The zero-order valence-corrected chi connectivity index (χ0v) is 15.2. The largest absolute Gasteiger partial charge is 0.349 e. The minimum atomic E-state index is -0.288. The molecule has 1 N–H and O–H groups in total. The summed E-state index contributed by atoms with van der Waals surface area (Å²) in [6, 6.07) is 8.19. The van der Waals surface area contributed by atoms with Crippen LogP contribution in [0.5, 0.6) is 0 Å². The third-order valence-electron chi connectivity index (χ3n) is 4.30. The Morgan fingerprint density at radius 3 is 3.15 bits per heavy atom. The number of hydrogen-bond donors (Lipinski definition) is 1. The molecule has 27 heavy (non-hydrogen) atoms. The molecule has 4 rings (SSSR count). The van der Waals surface area contributed by atoms with Gasteiger partial charge in [-0.2, -0.15) is 4.98 Å². The number of rotatable bonds is 5. The zero-order chi connectivity index (χ0) is 18.6. The van der Waals surface area contributed by atoms with E-state index >= 15 is 0 Å². The van der Waals surface area contributed by atoms with E-state index in [0.717, 1.165) is 28.2 Å². The number of carbonyl (C=O) groups is 1. The summed E-state index contributed by atoms with van der Waals surface area (Å²) < 4.78 is 18.8. The van der Waals surface area contributed by atoms with E-state index < -0.39 is 0 Å². The molecule has 138 valence electrons. The van der Waals surface area contributed by atoms with E-state index in [-0.39, 0.29) is 24.2 Å². The van der Waals surface area contributed by atoms with Crippen molar-refractivity contribution in [1.82, 2.24) is 20.4 Å². The fourth-order valence-electron chi connectivity index (χ4n) is 2.97. The van der Waals surface area contributed by atoms with Gasteiger partial charge in [0.25, 0.3) is 0 Å². The quantitative estimate of drug-likeness (QED) is 0.724. The Hall–Kier alpha value is -2.74. The average Bonchev–Trinajstić information content (AvgIpc) is 3.17. The molecule has 0 spiro atoms. The van der Waals surface area contributed by atoms with Gasteiger partial charge in [-0.1, -0.05) is 5.16 Å². The van der Waals surface area contributed by atoms with E-state index in [9.17, 15) is 9.18 Å². The van der Waals surface area contributed by atoms with Crippen molar-refractivity contribution in [1.29, 1.82) is 0 Å². The highest BCUT2D eigenvalue weighted by Crippen LogP contribution is 2.36. The molecule has 0 bridgehead atoms. The Balaban J connectivity index is 1.36. The molecule has 0 aliphatic carbocycles. The molecular weight excluding hydrogens is 367 g/mol. The van der Waals surface area contributed by atoms with Crippen molar-refractivity contribution in [3.05, 3.63) is 60.0 Å². The van der Waals surface area contributed by atoms with Crippen LogP contribution < -0.4 is 5.32 Å². The molecule has 1 aliphatic rings. The fraction of sp³-hybridized carbons (Fsp3) is 0.263. The van der Waals surface area contributed by atoms with Gasteiger partial charge in [-0.25, -0.2) is 4.39 Å². The van der Waals surface area contributed by atoms with E-state index in [4.69, 9.17) is 4.52 Å². The Bertz CT molecular complexity index is 948. The summed E-state index contributed by atoms with van der Waals surface area (Å²) in [4.78, 5) is 21.7. The molecular formula is C19H17FN4O2S. The average molecular weight is 384 g/mol. The second kappa shape index (κ2) is 7.87. The van der Waals surface area contributed by atoms with Gasteiger partial charge in [0.1, 0.15) is 5.82 Å². The predicted molar refractivity (Wildman–Crippen MR) is 98.5 cm³/mol. The lowest BCUT2D eigenvalue weighted by Gasteiger charge is -2.26. The first-order valence-corrected chi connectivity index (χ1v) is 9.62. The summed E-state index contributed by atoms with van der Waals surface area (Å²) in [5.41, 5.74) is 1.60. The monoisotopic (exact) mass is 384 g/mol. The summed E-state index contributed by atoms with van der Waals surface area (Å²) in [6.07, 6.45) is 4.67. The summed E-state index contributed by atoms with van der Waals surface area (Å²) in [5, 5.41) is 6.91. The first-order valence-electron chi connectivity index (χ1n) is 8.63. The lowest BCUT2D eigenvalue weighted by Crippen LogP contribution is -2.30. The standard InChI is InChI=1S/C19H17FN4O2S/c20-13-3-4-16-14(10-13)15(7-9-27-16)22-17(25)5-6-18-23-19(24-26-18)12-2-1-8-21-11-12/h1-4,8,10-11,15H,5-7,9H2,(H,22,25). The van der Waals surface area contributed by atoms with Crippen molar-refractivity contribution in [2.24, 2.45) is 0 Å². The summed E-state index contributed by atoms with van der Waals surface area (Å²) >= 11 is 1.68. The zero-order valence-electron chi connectivity index (χ0n) is 14.4. The van der Waals surface area contributed by atoms with E-state index in [1.165, 1.54) is 12.1 Å². The van der Waals surface area contributed by atoms with Crippen molar-refractivity contribution in [2.75, 3.05) is 5.75 Å². The number of thioether (sulfide) groups is 1. The van der Waals surface area contributed by atoms with Crippen LogP contribution >= 0.6 is 11.8 Å². The number of carbonyl (C=O) groups excluding carboxylic acids is 1. The molecule has 0 fully saturated rings. The summed E-state index contributed by atoms with van der Waals surface area (Å²) in [6.45, 7) is 0. The topological polar surface area (TPSA) is 80.9 Å². The van der Waals surface area contributed by atoms with Crippen LogP contribution in [0.3, 0.4) is 0 Å². The van der Waals surface area contributed by atoms with Gasteiger partial charge in [-0.15, -0.1) is 11.8 Å². The molecule has 0 saturated carbocycles. The molecule has 1 amide bonds. The number of nitrogens with zero attached hydrogens (tertiary/aromatic N) is 3. The Morgan fingerprint density at radius 2 is 2.30 bits per heavy atom. The van der Waals surface area contributed by atoms with Gasteiger partial charge >= 0.3 is 0 Å². The Morgan fingerprint density at radius 1 is 1.37 bits per heavy atom. The van der Waals surface area contributed by atoms with Gasteiger partial charge in [0.15, 0.2) is 0 Å². The van der Waals surface area contributed by atoms with Crippen LogP contribution in [0.15, 0.2) is 52.1 Å². The number of benzene rings is 1. The molecule has 3 heterocycles. The molecule has 1 aromatic carbocycles. The number of aromatic nitrogens is 3. The molecule has 6 nitrogen and oxygen atoms in total. The molecule has 1 unspecified atom stereocenters. The van der Waals surface area contributed by atoms with Crippen LogP contribution in [-0.4, -0.2) is 26.8 Å². The number of aryl methyl sites for hydroxylation is 1. The number of amides is 1. The van der Waals surface area contributed by atoms with E-state index in [2.05, 4.69) is 20.4 Å². The number of halogens is 1. The molecule has 8 heteroatoms. The smallest absolute Gasteiger partial charge is 0.227 e. The maximum Gasteiger partial charge on any atom is 0.227 e. The highest BCUT2D eigenvalue weighted by molar-refractivity contribution is 7.99. The molecule has 0 radical (unpaired) electrons. The number of nitrogens with one attached hydrogen (secondary N) is 1. The van der Waals surface area contributed by atoms with Crippen molar-refractivity contribution >= 4 is 17.7 Å². The third kappa shape index (κ3) is 4.16. The first kappa shape index (κ1) is 17.7. The van der Waals surface area contributed by atoms with Crippen LogP contribution in [0.1, 0.15) is 30.3 Å². The Labute approximate surface area is 159 Å².